The monoisotopic (exact) mass is 1470 g/mol. The third-order valence-electron chi connectivity index (χ3n) is 12.5. The molecule has 65 heavy (non-hydrogen) atoms. The largest absolute Gasteiger partial charge is 0.481 e. The Labute approximate surface area is 460 Å². The maximum Gasteiger partial charge on any atom is 0.481 e. The van der Waals surface area contributed by atoms with Crippen LogP contribution in [0.25, 0.3) is 0 Å². The normalized spacial score (nSPS) is 14.0. The van der Waals surface area contributed by atoms with Gasteiger partial charge in [-0.3, -0.25) is 13.6 Å². The molecule has 6 aromatic rings. The van der Waals surface area contributed by atoms with E-state index in [0.29, 0.717) is 0 Å². The fourth-order valence-electron chi connectivity index (χ4n) is 8.09. The van der Waals surface area contributed by atoms with E-state index in [0.717, 1.165) is 33.4 Å². The Morgan fingerprint density at radius 2 is 0.431 bits per heavy atom. The highest BCUT2D eigenvalue weighted by Gasteiger charge is 2.67. The topological polar surface area (TPSA) is 44.8 Å². The van der Waals surface area contributed by atoms with E-state index in [2.05, 4.69) is 143 Å². The minimum atomic E-state index is -4.98. The molecule has 0 aliphatic heterocycles. The van der Waals surface area contributed by atoms with Crippen molar-refractivity contribution in [2.24, 2.45) is 16.2 Å². The molecular weight excluding hydrogens is 1430 g/mol. The summed E-state index contributed by atoms with van der Waals surface area (Å²) in [5, 5.41) is 0. The summed E-state index contributed by atoms with van der Waals surface area (Å²) < 4.78 is 30.0. The summed E-state index contributed by atoms with van der Waals surface area (Å²) in [5.41, 5.74) is 2.40. The highest BCUT2D eigenvalue weighted by Crippen LogP contribution is 2.75. The van der Waals surface area contributed by atoms with E-state index in [1.165, 1.54) is 0 Å². The minimum Gasteiger partial charge on any atom is -0.257 e. The van der Waals surface area contributed by atoms with Crippen molar-refractivity contribution in [1.82, 2.24) is 0 Å². The average Bonchev–Trinajstić information content (AvgIpc) is 3.28. The van der Waals surface area contributed by atoms with E-state index in [-0.39, 0.29) is 0 Å². The first kappa shape index (κ1) is 54.1. The van der Waals surface area contributed by atoms with Gasteiger partial charge < -0.3 is 0 Å². The van der Waals surface area contributed by atoms with Gasteiger partial charge in [-0.15, -0.1) is 0 Å². The Kier molecular flexibility index (Phi) is 17.0. The first-order chi connectivity index (χ1) is 30.3. The van der Waals surface area contributed by atoms with Crippen molar-refractivity contribution in [2.75, 3.05) is 0 Å². The van der Waals surface area contributed by atoms with Gasteiger partial charge in [-0.05, 0) is 129 Å². The number of phosphoric acid groups is 1. The molecule has 344 valence electrons. The third kappa shape index (κ3) is 10.0. The number of benzene rings is 6. The van der Waals surface area contributed by atoms with E-state index in [1.807, 2.05) is 224 Å². The molecule has 0 fully saturated rings. The standard InChI is InChI=1S/C51H48Br9O4P/c1-43(2,46(52,37-25-13-7-14-26-37)38-27-15-8-16-28-38)49(55,56)62-65(61,63-50(57,58)44(3,4)47(53,39-29-17-9-18-30-39)40-31-19-10-20-32-40)64-51(59,60)45(5,6)48(54,41-33-21-11-22-34-41)42-35-23-12-24-36-42/h7-36H,1-6H3. The van der Waals surface area contributed by atoms with E-state index in [1.54, 1.807) is 0 Å². The summed E-state index contributed by atoms with van der Waals surface area (Å²) in [4.78, 5) is 0. The summed E-state index contributed by atoms with van der Waals surface area (Å²) in [7, 11) is -4.98. The van der Waals surface area contributed by atoms with Gasteiger partial charge in [0.15, 0.2) is 10.3 Å². The summed E-state index contributed by atoms with van der Waals surface area (Å²) in [6.07, 6.45) is 0. The average molecular weight is 1480 g/mol. The highest BCUT2D eigenvalue weighted by molar-refractivity contribution is 9.26. The van der Waals surface area contributed by atoms with Crippen molar-refractivity contribution in [3.63, 3.8) is 0 Å². The molecule has 0 aromatic heterocycles. The van der Waals surface area contributed by atoms with Gasteiger partial charge in [0.1, 0.15) is 0 Å². The van der Waals surface area contributed by atoms with Crippen LogP contribution in [-0.2, 0) is 31.1 Å². The molecule has 0 saturated carbocycles. The van der Waals surface area contributed by atoms with E-state index < -0.39 is 47.3 Å². The van der Waals surface area contributed by atoms with E-state index in [4.69, 9.17) is 13.6 Å². The SMILES string of the molecule is CC(C)(C(Br)(Br)OP(=O)(OC(Br)(Br)C(C)(C)C(Br)(c1ccccc1)c1ccccc1)OC(Br)(Br)C(C)(C)C(Br)(c1ccccc1)c1ccccc1)C(Br)(c1ccccc1)c1ccccc1. The van der Waals surface area contributed by atoms with Crippen LogP contribution in [0.2, 0.25) is 0 Å². The Morgan fingerprint density at radius 3 is 0.569 bits per heavy atom. The van der Waals surface area contributed by atoms with Crippen LogP contribution in [-0.4, -0.2) is 10.3 Å². The molecule has 0 radical (unpaired) electrons. The molecule has 0 aliphatic rings. The van der Waals surface area contributed by atoms with Crippen LogP contribution in [0.15, 0.2) is 182 Å². The summed E-state index contributed by atoms with van der Waals surface area (Å²) in [5.74, 6) is 0. The number of phosphoric ester groups is 1. The summed E-state index contributed by atoms with van der Waals surface area (Å²) in [6, 6.07) is 60.3. The van der Waals surface area contributed by atoms with E-state index in [9.17, 15) is 0 Å². The Balaban J connectivity index is 1.56. The van der Waals surface area contributed by atoms with Gasteiger partial charge in [-0.25, -0.2) is 4.57 Å². The van der Waals surface area contributed by atoms with Crippen LogP contribution >= 0.6 is 151 Å². The van der Waals surface area contributed by atoms with Gasteiger partial charge in [0.2, 0.25) is 0 Å². The molecule has 0 spiro atoms. The molecule has 0 N–H and O–H groups in total. The molecule has 0 saturated heterocycles. The number of hydrogen-bond donors (Lipinski definition) is 0. The molecular formula is C51H48Br9O4P. The van der Waals surface area contributed by atoms with Gasteiger partial charge in [0, 0.05) is 16.2 Å². The highest BCUT2D eigenvalue weighted by atomic mass is 79.9. The van der Waals surface area contributed by atoms with Crippen molar-refractivity contribution < 1.29 is 18.1 Å². The van der Waals surface area contributed by atoms with Crippen LogP contribution in [0, 0.1) is 16.2 Å². The molecule has 0 atom stereocenters. The second kappa shape index (κ2) is 20.5. The van der Waals surface area contributed by atoms with Crippen molar-refractivity contribution in [3.05, 3.63) is 215 Å². The predicted octanol–water partition coefficient (Wildman–Crippen LogP) is 19.6. The fraction of sp³-hybridized carbons (Fsp3) is 0.294. The van der Waals surface area contributed by atoms with Crippen molar-refractivity contribution >= 4 is 151 Å². The van der Waals surface area contributed by atoms with Gasteiger partial charge in [0.25, 0.3) is 0 Å². The summed E-state index contributed by atoms with van der Waals surface area (Å²) in [6.45, 7) is 12.1. The second-order valence-corrected chi connectivity index (χ2v) is 32.2. The maximum absolute atomic E-state index is 16.7. The van der Waals surface area contributed by atoms with Crippen LogP contribution in [0.4, 0.5) is 0 Å². The Bertz CT molecular complexity index is 2140. The molecule has 0 aliphatic carbocycles. The lowest BCUT2D eigenvalue weighted by atomic mass is 9.71. The first-order valence-corrected chi connectivity index (χ1v) is 29.1. The number of rotatable bonds is 18. The predicted molar refractivity (Wildman–Crippen MR) is 302 cm³/mol. The molecule has 4 nitrogen and oxygen atoms in total. The minimum absolute atomic E-state index is 0.928. The van der Waals surface area contributed by atoms with Crippen molar-refractivity contribution in [3.8, 4) is 0 Å². The van der Waals surface area contributed by atoms with Gasteiger partial charge >= 0.3 is 7.82 Å². The first-order valence-electron chi connectivity index (χ1n) is 20.5. The van der Waals surface area contributed by atoms with Gasteiger partial charge in [0.05, 0.1) is 13.0 Å². The lowest BCUT2D eigenvalue weighted by Gasteiger charge is -2.54. The van der Waals surface area contributed by atoms with Crippen molar-refractivity contribution in [2.45, 2.75) is 64.8 Å². The Morgan fingerprint density at radius 1 is 0.292 bits per heavy atom. The summed E-state index contributed by atoms with van der Waals surface area (Å²) >= 11 is 36.5. The smallest absolute Gasteiger partial charge is 0.257 e. The second-order valence-electron chi connectivity index (χ2n) is 17.3. The molecule has 14 heteroatoms. The zero-order valence-corrected chi connectivity index (χ0v) is 51.5. The molecule has 0 amide bonds. The Hall–Kier alpha value is -0.250. The van der Waals surface area contributed by atoms with E-state index >= 15 is 4.57 Å². The lowest BCUT2D eigenvalue weighted by molar-refractivity contribution is -0.0133. The van der Waals surface area contributed by atoms with Gasteiger partial charge in [-0.2, -0.15) is 0 Å². The zero-order chi connectivity index (χ0) is 47.8. The lowest BCUT2D eigenvalue weighted by Crippen LogP contribution is -2.53. The molecule has 6 aromatic carbocycles. The maximum atomic E-state index is 16.7. The van der Waals surface area contributed by atoms with Crippen LogP contribution in [0.3, 0.4) is 0 Å². The third-order valence-corrected chi connectivity index (χ3v) is 28.1. The number of alkyl halides is 9. The zero-order valence-electron chi connectivity index (χ0n) is 36.3. The van der Waals surface area contributed by atoms with Gasteiger partial charge in [-0.1, -0.05) is 271 Å². The molecule has 0 unspecified atom stereocenters. The van der Waals surface area contributed by atoms with Crippen molar-refractivity contribution in [1.29, 1.82) is 0 Å². The quantitative estimate of drug-likeness (QED) is 0.0635. The van der Waals surface area contributed by atoms with Crippen LogP contribution in [0.1, 0.15) is 74.9 Å². The molecule has 0 heterocycles. The molecule has 6 rings (SSSR count). The van der Waals surface area contributed by atoms with Crippen LogP contribution in [0.5, 0.6) is 0 Å². The number of halogens is 9. The van der Waals surface area contributed by atoms with Crippen LogP contribution < -0.4 is 0 Å². The number of hydrogen-bond acceptors (Lipinski definition) is 4. The molecule has 0 bridgehead atoms. The fourth-order valence-corrected chi connectivity index (χ4v) is 18.7.